The van der Waals surface area contributed by atoms with Crippen LogP contribution in [0.2, 0.25) is 0 Å². The Hall–Kier alpha value is -3.03. The van der Waals surface area contributed by atoms with Crippen molar-refractivity contribution in [3.63, 3.8) is 0 Å². The van der Waals surface area contributed by atoms with Crippen molar-refractivity contribution in [1.82, 2.24) is 18.7 Å². The van der Waals surface area contributed by atoms with Crippen LogP contribution in [0.3, 0.4) is 0 Å². The van der Waals surface area contributed by atoms with Gasteiger partial charge in [-0.05, 0) is 26.0 Å². The molecule has 1 aromatic carbocycles. The normalized spacial score (nSPS) is 15.8. The molecule has 3 heterocycles. The summed E-state index contributed by atoms with van der Waals surface area (Å²) in [5.74, 6) is 1.63. The summed E-state index contributed by atoms with van der Waals surface area (Å²) < 4.78 is 15.9. The van der Waals surface area contributed by atoms with Crippen LogP contribution >= 0.6 is 0 Å². The van der Waals surface area contributed by atoms with Crippen molar-refractivity contribution in [1.29, 1.82) is 0 Å². The molecule has 0 radical (unpaired) electrons. The SMILES string of the molecule is CCOc1cc2c(cc1Cn1cnc3c1c(=O)n(C)c(=O)n3C)O[C@@H](C)C2. The first-order chi connectivity index (χ1) is 12.9. The third kappa shape index (κ3) is 2.72. The Kier molecular flexibility index (Phi) is 4.05. The van der Waals surface area contributed by atoms with Crippen molar-refractivity contribution in [3.05, 3.63) is 50.4 Å². The Morgan fingerprint density at radius 1 is 1.26 bits per heavy atom. The number of hydrogen-bond acceptors (Lipinski definition) is 5. The molecule has 3 aromatic rings. The van der Waals surface area contributed by atoms with Gasteiger partial charge < -0.3 is 14.0 Å². The molecule has 1 aliphatic heterocycles. The van der Waals surface area contributed by atoms with Crippen molar-refractivity contribution >= 4 is 11.2 Å². The van der Waals surface area contributed by atoms with Gasteiger partial charge in [0.2, 0.25) is 0 Å². The van der Waals surface area contributed by atoms with Crippen molar-refractivity contribution < 1.29 is 9.47 Å². The number of hydrogen-bond donors (Lipinski definition) is 0. The van der Waals surface area contributed by atoms with Crippen molar-refractivity contribution in [2.75, 3.05) is 6.61 Å². The van der Waals surface area contributed by atoms with Gasteiger partial charge in [0.1, 0.15) is 17.6 Å². The molecule has 0 fully saturated rings. The Balaban J connectivity index is 1.85. The lowest BCUT2D eigenvalue weighted by Crippen LogP contribution is -2.37. The highest BCUT2D eigenvalue weighted by Crippen LogP contribution is 2.35. The van der Waals surface area contributed by atoms with Crippen LogP contribution in [0.1, 0.15) is 25.0 Å². The van der Waals surface area contributed by atoms with Crippen LogP contribution in [0.4, 0.5) is 0 Å². The summed E-state index contributed by atoms with van der Waals surface area (Å²) in [6, 6.07) is 3.99. The summed E-state index contributed by atoms with van der Waals surface area (Å²) in [6.45, 7) is 4.91. The van der Waals surface area contributed by atoms with Crippen LogP contribution in [-0.2, 0) is 27.1 Å². The molecule has 8 nitrogen and oxygen atoms in total. The molecule has 142 valence electrons. The van der Waals surface area contributed by atoms with E-state index in [0.29, 0.717) is 24.3 Å². The first-order valence-corrected chi connectivity index (χ1v) is 8.96. The van der Waals surface area contributed by atoms with E-state index in [0.717, 1.165) is 33.6 Å². The van der Waals surface area contributed by atoms with Crippen LogP contribution < -0.4 is 20.7 Å². The van der Waals surface area contributed by atoms with E-state index in [1.807, 2.05) is 26.0 Å². The lowest BCUT2D eigenvalue weighted by molar-refractivity contribution is 0.254. The summed E-state index contributed by atoms with van der Waals surface area (Å²) in [6.07, 6.45) is 2.57. The lowest BCUT2D eigenvalue weighted by Gasteiger charge is -2.13. The monoisotopic (exact) mass is 370 g/mol. The van der Waals surface area contributed by atoms with Crippen LogP contribution in [0.15, 0.2) is 28.0 Å². The van der Waals surface area contributed by atoms with E-state index >= 15 is 0 Å². The average molecular weight is 370 g/mol. The number of fused-ring (bicyclic) bond motifs is 2. The molecule has 0 N–H and O–H groups in total. The fourth-order valence-electron chi connectivity index (χ4n) is 3.60. The van der Waals surface area contributed by atoms with E-state index in [9.17, 15) is 9.59 Å². The zero-order valence-electron chi connectivity index (χ0n) is 15.9. The number of imidazole rings is 1. The van der Waals surface area contributed by atoms with Crippen molar-refractivity contribution in [3.8, 4) is 11.5 Å². The third-order valence-corrected chi connectivity index (χ3v) is 4.94. The van der Waals surface area contributed by atoms with Crippen molar-refractivity contribution in [2.24, 2.45) is 14.1 Å². The molecule has 1 atom stereocenters. The minimum Gasteiger partial charge on any atom is -0.494 e. The molecule has 27 heavy (non-hydrogen) atoms. The second-order valence-electron chi connectivity index (χ2n) is 6.88. The maximum absolute atomic E-state index is 12.6. The quantitative estimate of drug-likeness (QED) is 0.690. The minimum absolute atomic E-state index is 0.139. The van der Waals surface area contributed by atoms with Crippen LogP contribution in [0.25, 0.3) is 11.2 Å². The largest absolute Gasteiger partial charge is 0.494 e. The predicted molar refractivity (Wildman–Crippen MR) is 101 cm³/mol. The smallest absolute Gasteiger partial charge is 0.332 e. The van der Waals surface area contributed by atoms with Gasteiger partial charge in [-0.2, -0.15) is 0 Å². The van der Waals surface area contributed by atoms with Gasteiger partial charge in [-0.1, -0.05) is 0 Å². The molecule has 0 saturated carbocycles. The summed E-state index contributed by atoms with van der Waals surface area (Å²) in [5.41, 5.74) is 2.02. The first kappa shape index (κ1) is 17.4. The molecule has 0 bridgehead atoms. The minimum atomic E-state index is -0.396. The molecular formula is C19H22N4O4. The predicted octanol–water partition coefficient (Wildman–Crippen LogP) is 1.20. The Labute approximate surface area is 155 Å². The van der Waals surface area contributed by atoms with Gasteiger partial charge in [-0.25, -0.2) is 9.78 Å². The molecule has 0 unspecified atom stereocenters. The maximum Gasteiger partial charge on any atom is 0.332 e. The summed E-state index contributed by atoms with van der Waals surface area (Å²) in [7, 11) is 3.08. The molecular weight excluding hydrogens is 348 g/mol. The molecule has 8 heteroatoms. The Morgan fingerprint density at radius 2 is 2.04 bits per heavy atom. The number of ether oxygens (including phenoxy) is 2. The van der Waals surface area contributed by atoms with E-state index in [1.54, 1.807) is 17.9 Å². The second kappa shape index (κ2) is 6.29. The van der Waals surface area contributed by atoms with E-state index in [-0.39, 0.29) is 11.7 Å². The highest BCUT2D eigenvalue weighted by atomic mass is 16.5. The zero-order valence-corrected chi connectivity index (χ0v) is 15.9. The Bertz CT molecular complexity index is 1160. The van der Waals surface area contributed by atoms with Gasteiger partial charge in [-0.3, -0.25) is 13.9 Å². The van der Waals surface area contributed by atoms with E-state index in [1.165, 1.54) is 11.6 Å². The van der Waals surface area contributed by atoms with E-state index in [2.05, 4.69) is 4.98 Å². The van der Waals surface area contributed by atoms with Gasteiger partial charge in [-0.15, -0.1) is 0 Å². The van der Waals surface area contributed by atoms with Crippen LogP contribution in [0, 0.1) is 0 Å². The highest BCUT2D eigenvalue weighted by Gasteiger charge is 2.23. The summed E-state index contributed by atoms with van der Waals surface area (Å²) >= 11 is 0. The number of nitrogens with zero attached hydrogens (tertiary/aromatic N) is 4. The van der Waals surface area contributed by atoms with Crippen LogP contribution in [0.5, 0.6) is 11.5 Å². The fourth-order valence-corrected chi connectivity index (χ4v) is 3.60. The zero-order chi connectivity index (χ0) is 19.3. The molecule has 4 rings (SSSR count). The summed E-state index contributed by atoms with van der Waals surface area (Å²) in [4.78, 5) is 29.0. The third-order valence-electron chi connectivity index (χ3n) is 4.94. The maximum atomic E-state index is 12.6. The number of rotatable bonds is 4. The van der Waals surface area contributed by atoms with Gasteiger partial charge in [0, 0.05) is 31.6 Å². The number of aryl methyl sites for hydroxylation is 1. The lowest BCUT2D eigenvalue weighted by atomic mass is 10.1. The van der Waals surface area contributed by atoms with Crippen molar-refractivity contribution in [2.45, 2.75) is 32.9 Å². The molecule has 0 saturated heterocycles. The van der Waals surface area contributed by atoms with Gasteiger partial charge in [0.25, 0.3) is 5.56 Å². The van der Waals surface area contributed by atoms with Crippen LogP contribution in [-0.4, -0.2) is 31.4 Å². The second-order valence-corrected chi connectivity index (χ2v) is 6.88. The summed E-state index contributed by atoms with van der Waals surface area (Å²) in [5, 5.41) is 0. The van der Waals surface area contributed by atoms with Gasteiger partial charge >= 0.3 is 5.69 Å². The number of aromatic nitrogens is 4. The van der Waals surface area contributed by atoms with E-state index < -0.39 is 5.69 Å². The Morgan fingerprint density at radius 3 is 2.78 bits per heavy atom. The van der Waals surface area contributed by atoms with Gasteiger partial charge in [0.05, 0.1) is 19.5 Å². The molecule has 0 aliphatic carbocycles. The molecule has 2 aromatic heterocycles. The molecule has 0 spiro atoms. The molecule has 1 aliphatic rings. The molecule has 0 amide bonds. The topological polar surface area (TPSA) is 80.3 Å². The van der Waals surface area contributed by atoms with E-state index in [4.69, 9.17) is 9.47 Å². The standard InChI is InChI=1S/C19H22N4O4/c1-5-26-14-7-12-6-11(2)27-15(12)8-13(14)9-23-10-20-17-16(23)18(24)22(4)19(25)21(17)3/h7-8,10-11H,5-6,9H2,1-4H3/t11-/m0/s1. The highest BCUT2D eigenvalue weighted by molar-refractivity contribution is 5.70. The van der Waals surface area contributed by atoms with Gasteiger partial charge in [0.15, 0.2) is 11.2 Å². The fraction of sp³-hybridized carbons (Fsp3) is 0.421. The first-order valence-electron chi connectivity index (χ1n) is 8.96. The number of benzene rings is 1. The average Bonchev–Trinajstić information content (AvgIpc) is 3.21.